The van der Waals surface area contributed by atoms with Crippen LogP contribution >= 0.6 is 0 Å². The van der Waals surface area contributed by atoms with E-state index in [4.69, 9.17) is 9.47 Å². The first-order chi connectivity index (χ1) is 20.1. The molecular weight excluding hydrogens is 551 g/mol. The maximum absolute atomic E-state index is 15.1. The average molecular weight is 595 g/mol. The number of hydrogen-bond acceptors (Lipinski definition) is 6. The molecule has 2 aliphatic heterocycles. The Labute approximate surface area is 253 Å². The van der Waals surface area contributed by atoms with Crippen LogP contribution < -0.4 is 10.2 Å². The van der Waals surface area contributed by atoms with Gasteiger partial charge in [-0.05, 0) is 102 Å². The number of carbonyl (C=O) groups excluding carboxylic acids is 3. The van der Waals surface area contributed by atoms with Gasteiger partial charge < -0.3 is 29.5 Å². The number of nitrogens with zero attached hydrogens (tertiary/aromatic N) is 3. The Bertz CT molecular complexity index is 1400. The summed E-state index contributed by atoms with van der Waals surface area (Å²) < 4.78 is 26.0. The van der Waals surface area contributed by atoms with Gasteiger partial charge in [-0.2, -0.15) is 0 Å². The summed E-state index contributed by atoms with van der Waals surface area (Å²) >= 11 is 0. The van der Waals surface area contributed by atoms with Crippen molar-refractivity contribution in [3.63, 3.8) is 0 Å². The van der Waals surface area contributed by atoms with Gasteiger partial charge in [-0.15, -0.1) is 0 Å². The van der Waals surface area contributed by atoms with Gasteiger partial charge in [0.2, 0.25) is 0 Å². The number of anilines is 2. The van der Waals surface area contributed by atoms with Gasteiger partial charge in [0, 0.05) is 50.6 Å². The van der Waals surface area contributed by atoms with Crippen LogP contribution in [0.5, 0.6) is 0 Å². The van der Waals surface area contributed by atoms with Crippen LogP contribution in [-0.2, 0) is 9.47 Å². The summed E-state index contributed by atoms with van der Waals surface area (Å²) in [5.41, 5.74) is 3.01. The predicted octanol–water partition coefficient (Wildman–Crippen LogP) is 6.47. The number of amides is 3. The third-order valence-corrected chi connectivity index (χ3v) is 7.17. The van der Waals surface area contributed by atoms with E-state index < -0.39 is 22.9 Å². The van der Waals surface area contributed by atoms with Crippen LogP contribution in [0.4, 0.5) is 25.4 Å². The highest BCUT2D eigenvalue weighted by molar-refractivity contribution is 6.04. The Kier molecular flexibility index (Phi) is 9.37. The fourth-order valence-electron chi connectivity index (χ4n) is 5.07. The summed E-state index contributed by atoms with van der Waals surface area (Å²) in [6.45, 7) is 16.3. The summed E-state index contributed by atoms with van der Waals surface area (Å²) in [5.74, 6) is -1.14. The number of carbonyl (C=O) groups is 3. The number of rotatable bonds is 4. The molecule has 0 bridgehead atoms. The van der Waals surface area contributed by atoms with Crippen molar-refractivity contribution in [1.82, 2.24) is 9.80 Å². The number of benzene rings is 2. The Morgan fingerprint density at radius 3 is 1.98 bits per heavy atom. The average Bonchev–Trinajstić information content (AvgIpc) is 2.91. The van der Waals surface area contributed by atoms with Crippen molar-refractivity contribution in [3.05, 3.63) is 65.0 Å². The highest BCUT2D eigenvalue weighted by Gasteiger charge is 2.27. The molecule has 2 aromatic carbocycles. The maximum Gasteiger partial charge on any atom is 0.410 e. The van der Waals surface area contributed by atoms with Crippen molar-refractivity contribution in [2.45, 2.75) is 66.1 Å². The van der Waals surface area contributed by atoms with E-state index in [1.165, 1.54) is 12.1 Å². The number of nitrogens with one attached hydrogen (secondary N) is 1. The van der Waals surface area contributed by atoms with E-state index in [1.807, 2.05) is 66.7 Å². The number of halogens is 1. The molecule has 2 aromatic rings. The van der Waals surface area contributed by atoms with Gasteiger partial charge in [0.25, 0.3) is 5.91 Å². The predicted molar refractivity (Wildman–Crippen MR) is 166 cm³/mol. The molecule has 3 amide bonds. The first kappa shape index (κ1) is 31.8. The lowest BCUT2D eigenvalue weighted by Crippen LogP contribution is -2.50. The van der Waals surface area contributed by atoms with Crippen LogP contribution in [0.25, 0.3) is 5.57 Å². The van der Waals surface area contributed by atoms with Crippen LogP contribution in [0, 0.1) is 12.7 Å². The summed E-state index contributed by atoms with van der Waals surface area (Å²) in [6, 6.07) is 10.2. The topological polar surface area (TPSA) is 91.4 Å². The highest BCUT2D eigenvalue weighted by Crippen LogP contribution is 2.28. The molecule has 0 aliphatic carbocycles. The summed E-state index contributed by atoms with van der Waals surface area (Å²) in [7, 11) is 0. The van der Waals surface area contributed by atoms with Gasteiger partial charge in [0.15, 0.2) is 0 Å². The molecule has 4 rings (SSSR count). The first-order valence-corrected chi connectivity index (χ1v) is 14.7. The van der Waals surface area contributed by atoms with E-state index in [0.717, 1.165) is 16.8 Å². The van der Waals surface area contributed by atoms with E-state index in [0.29, 0.717) is 56.9 Å². The molecule has 9 nitrogen and oxygen atoms in total. The second kappa shape index (κ2) is 12.7. The maximum atomic E-state index is 15.1. The normalized spacial score (nSPS) is 16.0. The van der Waals surface area contributed by atoms with Crippen LogP contribution in [0.15, 0.2) is 42.5 Å². The SMILES string of the molecule is Cc1cc(NC(=O)c2ccc(C3=CCN(C(=O)OC(C)(C)C)CC3)cc2F)ccc1N1CCN(C(=O)OC(C)(C)C)CC1. The molecule has 0 aromatic heterocycles. The standard InChI is InChI=1S/C33H43FN4O5/c1-22-20-25(9-11-28(22)36-16-18-38(19-17-36)31(41)43-33(5,6)7)35-29(39)26-10-8-24(21-27(26)34)23-12-14-37(15-13-23)30(40)42-32(2,3)4/h8-12,20-21H,13-19H2,1-7H3,(H,35,39). The van der Waals surface area contributed by atoms with E-state index in [-0.39, 0.29) is 17.7 Å². The minimum atomic E-state index is -0.610. The summed E-state index contributed by atoms with van der Waals surface area (Å²) in [5, 5.41) is 2.81. The number of hydrogen-bond donors (Lipinski definition) is 1. The van der Waals surface area contributed by atoms with Gasteiger partial charge in [-0.25, -0.2) is 14.0 Å². The van der Waals surface area contributed by atoms with Gasteiger partial charge in [0.1, 0.15) is 17.0 Å². The van der Waals surface area contributed by atoms with Crippen molar-refractivity contribution in [1.29, 1.82) is 0 Å². The Hall–Kier alpha value is -4.08. The number of aryl methyl sites for hydroxylation is 1. The molecule has 1 fully saturated rings. The van der Waals surface area contributed by atoms with Gasteiger partial charge in [0.05, 0.1) is 5.56 Å². The van der Waals surface area contributed by atoms with Crippen LogP contribution in [0.2, 0.25) is 0 Å². The molecule has 1 N–H and O–H groups in total. The molecule has 1 saturated heterocycles. The van der Waals surface area contributed by atoms with Gasteiger partial charge in [-0.1, -0.05) is 12.1 Å². The second-order valence-electron chi connectivity index (χ2n) is 13.0. The molecule has 2 heterocycles. The zero-order valence-corrected chi connectivity index (χ0v) is 26.3. The zero-order chi connectivity index (χ0) is 31.5. The number of piperazine rings is 1. The Balaban J connectivity index is 1.34. The van der Waals surface area contributed by atoms with E-state index in [1.54, 1.807) is 21.9 Å². The van der Waals surface area contributed by atoms with Crippen LogP contribution in [0.1, 0.15) is 69.4 Å². The first-order valence-electron chi connectivity index (χ1n) is 14.7. The van der Waals surface area contributed by atoms with Crippen molar-refractivity contribution in [2.75, 3.05) is 49.5 Å². The molecule has 10 heteroatoms. The van der Waals surface area contributed by atoms with E-state index in [9.17, 15) is 14.4 Å². The summed E-state index contributed by atoms with van der Waals surface area (Å²) in [6.07, 6.45) is 1.78. The van der Waals surface area contributed by atoms with Crippen molar-refractivity contribution in [2.24, 2.45) is 0 Å². The van der Waals surface area contributed by atoms with Crippen molar-refractivity contribution in [3.8, 4) is 0 Å². The minimum Gasteiger partial charge on any atom is -0.444 e. The molecule has 43 heavy (non-hydrogen) atoms. The molecule has 0 unspecified atom stereocenters. The smallest absolute Gasteiger partial charge is 0.410 e. The monoisotopic (exact) mass is 594 g/mol. The van der Waals surface area contributed by atoms with Gasteiger partial charge >= 0.3 is 12.2 Å². The lowest BCUT2D eigenvalue weighted by Gasteiger charge is -2.37. The Morgan fingerprint density at radius 1 is 0.814 bits per heavy atom. The lowest BCUT2D eigenvalue weighted by molar-refractivity contribution is 0.0237. The molecule has 2 aliphatic rings. The second-order valence-corrected chi connectivity index (χ2v) is 13.0. The lowest BCUT2D eigenvalue weighted by atomic mass is 9.98. The molecule has 232 valence electrons. The van der Waals surface area contributed by atoms with E-state index in [2.05, 4.69) is 10.2 Å². The largest absolute Gasteiger partial charge is 0.444 e. The molecular formula is C33H43FN4O5. The van der Waals surface area contributed by atoms with Crippen molar-refractivity contribution < 1.29 is 28.2 Å². The van der Waals surface area contributed by atoms with Crippen LogP contribution in [-0.4, -0.2) is 78.4 Å². The van der Waals surface area contributed by atoms with Crippen molar-refractivity contribution >= 4 is 35.0 Å². The molecule has 0 saturated carbocycles. The van der Waals surface area contributed by atoms with E-state index >= 15 is 4.39 Å². The summed E-state index contributed by atoms with van der Waals surface area (Å²) in [4.78, 5) is 43.2. The van der Waals surface area contributed by atoms with Crippen LogP contribution in [0.3, 0.4) is 0 Å². The molecule has 0 atom stereocenters. The number of ether oxygens (including phenoxy) is 2. The molecule has 0 radical (unpaired) electrons. The third kappa shape index (κ3) is 8.49. The fraction of sp³-hybridized carbons (Fsp3) is 0.485. The molecule has 0 spiro atoms. The minimum absolute atomic E-state index is 0.0458. The van der Waals surface area contributed by atoms with Gasteiger partial charge in [-0.3, -0.25) is 4.79 Å². The third-order valence-electron chi connectivity index (χ3n) is 7.17. The fourth-order valence-corrected chi connectivity index (χ4v) is 5.07. The highest BCUT2D eigenvalue weighted by atomic mass is 19.1. The quantitative estimate of drug-likeness (QED) is 0.437. The Morgan fingerprint density at radius 2 is 1.44 bits per heavy atom. The zero-order valence-electron chi connectivity index (χ0n) is 26.3.